The molecule has 0 N–H and O–H groups in total. The van der Waals surface area contributed by atoms with Crippen LogP contribution in [-0.4, -0.2) is 37.2 Å². The Morgan fingerprint density at radius 2 is 0.470 bits per heavy atom. The van der Waals surface area contributed by atoms with Gasteiger partial charge in [-0.15, -0.1) is 0 Å². The van der Waals surface area contributed by atoms with Crippen LogP contribution in [0.15, 0.2) is 170 Å². The van der Waals surface area contributed by atoms with Gasteiger partial charge in [0.25, 0.3) is 0 Å². The Balaban J connectivity index is 4.41. The van der Waals surface area contributed by atoms with Crippen molar-refractivity contribution < 1.29 is 28.6 Å². The highest BCUT2D eigenvalue weighted by Crippen LogP contribution is 2.14. The lowest BCUT2D eigenvalue weighted by Crippen LogP contribution is -2.30. The average Bonchev–Trinajstić information content (AvgIpc) is 3.49. The minimum atomic E-state index is -0.812. The van der Waals surface area contributed by atoms with Crippen molar-refractivity contribution in [2.75, 3.05) is 13.2 Å². The molecule has 0 rings (SSSR count). The van der Waals surface area contributed by atoms with Crippen molar-refractivity contribution in [3.05, 3.63) is 170 Å². The second kappa shape index (κ2) is 69.3. The monoisotopic (exact) mass is 1140 g/mol. The van der Waals surface area contributed by atoms with Gasteiger partial charge < -0.3 is 14.2 Å². The first-order valence-corrected chi connectivity index (χ1v) is 33.6. The summed E-state index contributed by atoms with van der Waals surface area (Å²) in [4.78, 5) is 38.4. The highest BCUT2D eigenvalue weighted by Gasteiger charge is 2.19. The molecule has 0 aromatic heterocycles. The van der Waals surface area contributed by atoms with Crippen LogP contribution < -0.4 is 0 Å². The fourth-order valence-corrected chi connectivity index (χ4v) is 8.71. The number of carbonyl (C=O) groups excluding carboxylic acids is 3. The molecule has 0 radical (unpaired) electrons. The van der Waals surface area contributed by atoms with Gasteiger partial charge in [-0.3, -0.25) is 14.4 Å². The summed E-state index contributed by atoms with van der Waals surface area (Å²) >= 11 is 0. The number of rotatable bonds is 59. The standard InChI is InChI=1S/C77H122O6/c1-4-7-10-13-16-19-22-25-28-30-31-32-33-34-35-36-37-38-39-40-41-42-43-44-45-47-49-52-55-58-61-64-67-70-76(79)82-73-74(72-81-75(78)69-66-63-60-57-54-51-48-27-24-21-18-15-12-9-6-3)83-77(80)71-68-65-62-59-56-53-50-46-29-26-23-20-17-14-11-8-5-2/h7-8,10-11,16-17,19-20,25-29,31-32,34-35,37-38,40-41,43-44,47-50,53,74H,4-6,9,12-15,18,21-24,30,33,36,39,42,45-46,51-52,54-73H2,1-3H3/b10-7-,11-8-,19-16-,20-17-,28-25-,29-26-,32-31-,35-34-,38-37-,41-40-,44-43-,48-27-,49-47-,53-50-. The molecule has 1 unspecified atom stereocenters. The Bertz CT molecular complexity index is 1890. The van der Waals surface area contributed by atoms with Gasteiger partial charge in [0.15, 0.2) is 6.10 Å². The molecular weight excluding hydrogens is 1020 g/mol. The van der Waals surface area contributed by atoms with E-state index in [-0.39, 0.29) is 37.5 Å². The molecular formula is C77H122O6. The van der Waals surface area contributed by atoms with Gasteiger partial charge in [-0.1, -0.05) is 274 Å². The zero-order chi connectivity index (χ0) is 59.9. The van der Waals surface area contributed by atoms with Crippen molar-refractivity contribution in [2.24, 2.45) is 0 Å². The summed E-state index contributed by atoms with van der Waals surface area (Å²) in [6.45, 7) is 6.36. The molecule has 0 aromatic carbocycles. The fourth-order valence-electron chi connectivity index (χ4n) is 8.71. The molecule has 1 atom stereocenters. The number of hydrogen-bond donors (Lipinski definition) is 0. The lowest BCUT2D eigenvalue weighted by molar-refractivity contribution is -0.167. The van der Waals surface area contributed by atoms with Gasteiger partial charge in [0.2, 0.25) is 0 Å². The molecule has 0 bridgehead atoms. The van der Waals surface area contributed by atoms with Crippen LogP contribution in [0.25, 0.3) is 0 Å². The minimum absolute atomic E-state index is 0.105. The molecule has 0 heterocycles. The molecule has 0 fully saturated rings. The highest BCUT2D eigenvalue weighted by molar-refractivity contribution is 5.71. The highest BCUT2D eigenvalue weighted by atomic mass is 16.6. The van der Waals surface area contributed by atoms with Crippen molar-refractivity contribution >= 4 is 17.9 Å². The van der Waals surface area contributed by atoms with Gasteiger partial charge in [-0.25, -0.2) is 0 Å². The molecule has 0 amide bonds. The van der Waals surface area contributed by atoms with Gasteiger partial charge in [-0.2, -0.15) is 0 Å². The minimum Gasteiger partial charge on any atom is -0.462 e. The average molecular weight is 1140 g/mol. The van der Waals surface area contributed by atoms with Gasteiger partial charge in [-0.05, 0) is 154 Å². The Morgan fingerprint density at radius 3 is 0.747 bits per heavy atom. The third-order valence-corrected chi connectivity index (χ3v) is 13.7. The number of esters is 3. The van der Waals surface area contributed by atoms with E-state index in [2.05, 4.69) is 191 Å². The summed E-state index contributed by atoms with van der Waals surface area (Å²) < 4.78 is 16.9. The van der Waals surface area contributed by atoms with E-state index in [9.17, 15) is 14.4 Å². The lowest BCUT2D eigenvalue weighted by atomic mass is 10.1. The van der Waals surface area contributed by atoms with E-state index in [0.29, 0.717) is 12.8 Å². The molecule has 6 heteroatoms. The third kappa shape index (κ3) is 67.4. The second-order valence-corrected chi connectivity index (χ2v) is 21.6. The van der Waals surface area contributed by atoms with E-state index in [1.807, 2.05) is 0 Å². The topological polar surface area (TPSA) is 78.9 Å². The summed E-state index contributed by atoms with van der Waals surface area (Å²) in [6.07, 6.45) is 102. The molecule has 0 saturated carbocycles. The van der Waals surface area contributed by atoms with Crippen LogP contribution in [0.1, 0.15) is 278 Å². The van der Waals surface area contributed by atoms with Crippen molar-refractivity contribution in [3.8, 4) is 0 Å². The molecule has 0 aliphatic carbocycles. The Hall–Kier alpha value is -5.23. The molecule has 83 heavy (non-hydrogen) atoms. The summed E-state index contributed by atoms with van der Waals surface area (Å²) in [5.74, 6) is -0.959. The van der Waals surface area contributed by atoms with Crippen LogP contribution in [-0.2, 0) is 28.6 Å². The van der Waals surface area contributed by atoms with Crippen LogP contribution >= 0.6 is 0 Å². The normalized spacial score (nSPS) is 13.2. The maximum absolute atomic E-state index is 12.9. The summed E-state index contributed by atoms with van der Waals surface area (Å²) in [6, 6.07) is 0. The van der Waals surface area contributed by atoms with Crippen LogP contribution in [0.4, 0.5) is 0 Å². The van der Waals surface area contributed by atoms with Crippen LogP contribution in [0, 0.1) is 0 Å². The van der Waals surface area contributed by atoms with Gasteiger partial charge in [0, 0.05) is 19.3 Å². The number of carbonyl (C=O) groups is 3. The first-order valence-electron chi connectivity index (χ1n) is 33.6. The fraction of sp³-hybridized carbons (Fsp3) is 0.597. The largest absolute Gasteiger partial charge is 0.462 e. The number of ether oxygens (including phenoxy) is 3. The molecule has 0 saturated heterocycles. The Kier molecular flexibility index (Phi) is 64.9. The zero-order valence-corrected chi connectivity index (χ0v) is 53.4. The van der Waals surface area contributed by atoms with E-state index in [0.717, 1.165) is 186 Å². The van der Waals surface area contributed by atoms with E-state index < -0.39 is 6.10 Å². The van der Waals surface area contributed by atoms with Crippen LogP contribution in [0.3, 0.4) is 0 Å². The SMILES string of the molecule is CC/C=C\C/C=C\C/C=C\C/C=C\C/C=C\C/C=C\C/C=C\C/C=C\C/C=C\CCCCCCCC(=O)OCC(COC(=O)CCCCCCC/C=C\CCCCCCCC)OC(=O)CCCCCC/C=C\C/C=C\C/C=C\C/C=C\CC. The molecule has 0 aliphatic heterocycles. The van der Waals surface area contributed by atoms with Crippen LogP contribution in [0.5, 0.6) is 0 Å². The predicted octanol–water partition coefficient (Wildman–Crippen LogP) is 23.4. The van der Waals surface area contributed by atoms with E-state index >= 15 is 0 Å². The second-order valence-electron chi connectivity index (χ2n) is 21.6. The molecule has 0 aliphatic rings. The van der Waals surface area contributed by atoms with Gasteiger partial charge in [0.05, 0.1) is 0 Å². The number of allylic oxidation sites excluding steroid dienone is 28. The van der Waals surface area contributed by atoms with Crippen molar-refractivity contribution in [3.63, 3.8) is 0 Å². The maximum atomic E-state index is 12.9. The van der Waals surface area contributed by atoms with Crippen molar-refractivity contribution in [2.45, 2.75) is 284 Å². The van der Waals surface area contributed by atoms with E-state index in [1.165, 1.54) is 51.4 Å². The molecule has 0 aromatic rings. The number of hydrogen-bond acceptors (Lipinski definition) is 6. The number of unbranched alkanes of at least 4 members (excludes halogenated alkanes) is 20. The van der Waals surface area contributed by atoms with E-state index in [1.54, 1.807) is 0 Å². The maximum Gasteiger partial charge on any atom is 0.306 e. The Labute approximate surface area is 511 Å². The quantitative estimate of drug-likeness (QED) is 0.0261. The smallest absolute Gasteiger partial charge is 0.306 e. The van der Waals surface area contributed by atoms with Crippen molar-refractivity contribution in [1.29, 1.82) is 0 Å². The lowest BCUT2D eigenvalue weighted by Gasteiger charge is -2.18. The summed E-state index contributed by atoms with van der Waals surface area (Å²) in [7, 11) is 0. The van der Waals surface area contributed by atoms with Crippen molar-refractivity contribution in [1.82, 2.24) is 0 Å². The van der Waals surface area contributed by atoms with Gasteiger partial charge >= 0.3 is 17.9 Å². The zero-order valence-electron chi connectivity index (χ0n) is 53.4. The first kappa shape index (κ1) is 77.8. The van der Waals surface area contributed by atoms with Crippen LogP contribution in [0.2, 0.25) is 0 Å². The summed E-state index contributed by atoms with van der Waals surface area (Å²) in [5, 5.41) is 0. The predicted molar refractivity (Wildman–Crippen MR) is 361 cm³/mol. The first-order chi connectivity index (χ1) is 41.0. The van der Waals surface area contributed by atoms with Gasteiger partial charge in [0.1, 0.15) is 13.2 Å². The summed E-state index contributed by atoms with van der Waals surface area (Å²) in [5.41, 5.74) is 0. The molecule has 6 nitrogen and oxygen atoms in total. The molecule has 466 valence electrons. The van der Waals surface area contributed by atoms with E-state index in [4.69, 9.17) is 14.2 Å². The Morgan fingerprint density at radius 1 is 0.253 bits per heavy atom. The third-order valence-electron chi connectivity index (χ3n) is 13.7. The molecule has 0 spiro atoms.